The Morgan fingerprint density at radius 3 is 2.06 bits per heavy atom. The SMILES string of the molecule is CC(NC(=O)C(CCCCN)NC(=O)C(Cc1ccccc1)NC(=O)C(N)CCC(N)=O)C(=O)O. The van der Waals surface area contributed by atoms with Crippen molar-refractivity contribution in [2.45, 2.75) is 69.6 Å². The van der Waals surface area contributed by atoms with Crippen LogP contribution in [0, 0.1) is 0 Å². The van der Waals surface area contributed by atoms with Crippen LogP contribution in [0.4, 0.5) is 0 Å². The fraction of sp³-hybridized carbons (Fsp3) is 0.522. The van der Waals surface area contributed by atoms with E-state index in [4.69, 9.17) is 22.3 Å². The van der Waals surface area contributed by atoms with Crippen LogP contribution >= 0.6 is 0 Å². The number of benzene rings is 1. The molecule has 4 unspecified atom stereocenters. The van der Waals surface area contributed by atoms with Crippen LogP contribution in [0.2, 0.25) is 0 Å². The predicted octanol–water partition coefficient (Wildman–Crippen LogP) is -1.49. The molecule has 10 N–H and O–H groups in total. The van der Waals surface area contributed by atoms with Gasteiger partial charge in [-0.2, -0.15) is 0 Å². The first-order valence-corrected chi connectivity index (χ1v) is 11.5. The van der Waals surface area contributed by atoms with Crippen LogP contribution in [0.1, 0.15) is 44.6 Å². The second-order valence-corrected chi connectivity index (χ2v) is 8.28. The Hall–Kier alpha value is -3.51. The van der Waals surface area contributed by atoms with Gasteiger partial charge in [0, 0.05) is 12.8 Å². The number of hydrogen-bond acceptors (Lipinski definition) is 7. The van der Waals surface area contributed by atoms with Crippen molar-refractivity contribution in [1.29, 1.82) is 0 Å². The number of amides is 4. The molecule has 0 aliphatic rings. The van der Waals surface area contributed by atoms with Crippen molar-refractivity contribution in [3.63, 3.8) is 0 Å². The van der Waals surface area contributed by atoms with Crippen LogP contribution in [-0.4, -0.2) is 65.4 Å². The number of aliphatic carboxylic acids is 1. The number of carbonyl (C=O) groups excluding carboxylic acids is 4. The molecule has 0 aliphatic heterocycles. The Morgan fingerprint density at radius 2 is 1.49 bits per heavy atom. The minimum absolute atomic E-state index is 0.0119. The topological polar surface area (TPSA) is 220 Å². The molecular formula is C23H36N6O6. The van der Waals surface area contributed by atoms with E-state index in [2.05, 4.69) is 16.0 Å². The van der Waals surface area contributed by atoms with E-state index < -0.39 is 53.8 Å². The number of primary amides is 1. The van der Waals surface area contributed by atoms with Crippen molar-refractivity contribution in [2.24, 2.45) is 17.2 Å². The van der Waals surface area contributed by atoms with Crippen molar-refractivity contribution in [2.75, 3.05) is 6.54 Å². The number of unbranched alkanes of at least 4 members (excludes halogenated alkanes) is 1. The molecule has 0 radical (unpaired) electrons. The molecule has 12 nitrogen and oxygen atoms in total. The maximum atomic E-state index is 13.2. The lowest BCUT2D eigenvalue weighted by atomic mass is 10.0. The number of nitrogens with two attached hydrogens (primary N) is 3. The lowest BCUT2D eigenvalue weighted by Gasteiger charge is -2.25. The lowest BCUT2D eigenvalue weighted by Crippen LogP contribution is -2.57. The zero-order chi connectivity index (χ0) is 26.4. The van der Waals surface area contributed by atoms with Gasteiger partial charge in [-0.25, -0.2) is 0 Å². The van der Waals surface area contributed by atoms with E-state index in [0.29, 0.717) is 19.4 Å². The Bertz CT molecular complexity index is 865. The van der Waals surface area contributed by atoms with Crippen molar-refractivity contribution < 1.29 is 29.1 Å². The maximum Gasteiger partial charge on any atom is 0.325 e. The zero-order valence-corrected chi connectivity index (χ0v) is 19.9. The van der Waals surface area contributed by atoms with Crippen molar-refractivity contribution in [3.8, 4) is 0 Å². The Labute approximate surface area is 204 Å². The molecule has 194 valence electrons. The highest BCUT2D eigenvalue weighted by Gasteiger charge is 2.29. The van der Waals surface area contributed by atoms with E-state index in [1.54, 1.807) is 30.3 Å². The Morgan fingerprint density at radius 1 is 0.886 bits per heavy atom. The van der Waals surface area contributed by atoms with Crippen molar-refractivity contribution in [1.82, 2.24) is 16.0 Å². The summed E-state index contributed by atoms with van der Waals surface area (Å²) in [5, 5.41) is 16.6. The third kappa shape index (κ3) is 11.5. The van der Waals surface area contributed by atoms with Gasteiger partial charge in [0.15, 0.2) is 0 Å². The summed E-state index contributed by atoms with van der Waals surface area (Å²) in [7, 11) is 0. The smallest absolute Gasteiger partial charge is 0.325 e. The number of carboxylic acid groups (broad SMARTS) is 1. The molecular weight excluding hydrogens is 456 g/mol. The van der Waals surface area contributed by atoms with Gasteiger partial charge in [0.05, 0.1) is 6.04 Å². The molecule has 4 atom stereocenters. The second-order valence-electron chi connectivity index (χ2n) is 8.28. The molecule has 35 heavy (non-hydrogen) atoms. The van der Waals surface area contributed by atoms with Crippen LogP contribution in [0.25, 0.3) is 0 Å². The third-order valence-corrected chi connectivity index (χ3v) is 5.26. The number of carboxylic acids is 1. The molecule has 0 aromatic heterocycles. The summed E-state index contributed by atoms with van der Waals surface area (Å²) in [6, 6.07) is 4.59. The van der Waals surface area contributed by atoms with Crippen LogP contribution in [0.5, 0.6) is 0 Å². The average Bonchev–Trinajstić information content (AvgIpc) is 2.81. The largest absolute Gasteiger partial charge is 0.480 e. The third-order valence-electron chi connectivity index (χ3n) is 5.26. The van der Waals surface area contributed by atoms with Gasteiger partial charge in [-0.1, -0.05) is 30.3 Å². The molecule has 0 heterocycles. The standard InChI is InChI=1S/C23H36N6O6/c1-14(23(34)35)27-21(32)17(9-5-6-12-24)28-22(33)18(13-15-7-3-2-4-8-15)29-20(31)16(25)10-11-19(26)30/h2-4,7-8,14,16-18H,5-6,9-13,24-25H2,1H3,(H2,26,30)(H,27,32)(H,28,33)(H,29,31)(H,34,35). The Kier molecular flexibility index (Phi) is 13.0. The first-order chi connectivity index (χ1) is 16.5. The summed E-state index contributed by atoms with van der Waals surface area (Å²) in [5.41, 5.74) is 17.2. The highest BCUT2D eigenvalue weighted by atomic mass is 16.4. The molecule has 0 aliphatic carbocycles. The highest BCUT2D eigenvalue weighted by molar-refractivity contribution is 5.94. The van der Waals surface area contributed by atoms with Gasteiger partial charge in [0.2, 0.25) is 23.6 Å². The molecule has 1 aromatic carbocycles. The first-order valence-electron chi connectivity index (χ1n) is 11.5. The summed E-state index contributed by atoms with van der Waals surface area (Å²) in [6.07, 6.45) is 1.39. The van der Waals surface area contributed by atoms with E-state index >= 15 is 0 Å². The zero-order valence-electron chi connectivity index (χ0n) is 19.9. The normalized spacial score (nSPS) is 14.1. The fourth-order valence-electron chi connectivity index (χ4n) is 3.18. The summed E-state index contributed by atoms with van der Waals surface area (Å²) >= 11 is 0. The molecule has 0 saturated heterocycles. The lowest BCUT2D eigenvalue weighted by molar-refractivity contribution is -0.141. The number of nitrogens with one attached hydrogen (secondary N) is 3. The summed E-state index contributed by atoms with van der Waals surface area (Å²) in [5.74, 6) is -3.77. The van der Waals surface area contributed by atoms with Gasteiger partial charge in [-0.3, -0.25) is 24.0 Å². The van der Waals surface area contributed by atoms with E-state index in [1.807, 2.05) is 0 Å². The minimum atomic E-state index is -1.22. The molecule has 0 fully saturated rings. The van der Waals surface area contributed by atoms with Crippen LogP contribution in [0.15, 0.2) is 30.3 Å². The second kappa shape index (κ2) is 15.4. The maximum absolute atomic E-state index is 13.2. The minimum Gasteiger partial charge on any atom is -0.480 e. The molecule has 1 rings (SSSR count). The van der Waals surface area contributed by atoms with E-state index in [1.165, 1.54) is 6.92 Å². The fourth-order valence-corrected chi connectivity index (χ4v) is 3.18. The molecule has 0 bridgehead atoms. The highest BCUT2D eigenvalue weighted by Crippen LogP contribution is 2.07. The van der Waals surface area contributed by atoms with Gasteiger partial charge >= 0.3 is 5.97 Å². The summed E-state index contributed by atoms with van der Waals surface area (Å²) in [6.45, 7) is 1.70. The summed E-state index contributed by atoms with van der Waals surface area (Å²) < 4.78 is 0. The molecule has 0 spiro atoms. The van der Waals surface area contributed by atoms with Gasteiger partial charge in [-0.15, -0.1) is 0 Å². The predicted molar refractivity (Wildman–Crippen MR) is 129 cm³/mol. The number of hydrogen-bond donors (Lipinski definition) is 7. The Balaban J connectivity index is 3.02. The van der Waals surface area contributed by atoms with Gasteiger partial charge in [-0.05, 0) is 44.7 Å². The van der Waals surface area contributed by atoms with Crippen LogP contribution in [-0.2, 0) is 30.4 Å². The van der Waals surface area contributed by atoms with Crippen molar-refractivity contribution in [3.05, 3.63) is 35.9 Å². The number of rotatable bonds is 16. The van der Waals surface area contributed by atoms with Crippen molar-refractivity contribution >= 4 is 29.6 Å². The van der Waals surface area contributed by atoms with E-state index in [-0.39, 0.29) is 25.7 Å². The quantitative estimate of drug-likeness (QED) is 0.134. The summed E-state index contributed by atoms with van der Waals surface area (Å²) in [4.78, 5) is 60.6. The molecule has 12 heteroatoms. The van der Waals surface area contributed by atoms with Crippen LogP contribution < -0.4 is 33.2 Å². The van der Waals surface area contributed by atoms with Gasteiger partial charge in [0.1, 0.15) is 18.1 Å². The van der Waals surface area contributed by atoms with Gasteiger partial charge < -0.3 is 38.3 Å². The molecule has 4 amide bonds. The molecule has 1 aromatic rings. The molecule has 0 saturated carbocycles. The average molecular weight is 493 g/mol. The van der Waals surface area contributed by atoms with Gasteiger partial charge in [0.25, 0.3) is 0 Å². The monoisotopic (exact) mass is 492 g/mol. The first kappa shape index (κ1) is 29.5. The van der Waals surface area contributed by atoms with Crippen LogP contribution in [0.3, 0.4) is 0 Å². The van der Waals surface area contributed by atoms with E-state index in [9.17, 15) is 24.0 Å². The number of carbonyl (C=O) groups is 5. The van der Waals surface area contributed by atoms with E-state index in [0.717, 1.165) is 5.56 Å².